The zero-order chi connectivity index (χ0) is 19.9. The number of rotatable bonds is 5. The Morgan fingerprint density at radius 2 is 1.96 bits per heavy atom. The van der Waals surface area contributed by atoms with E-state index in [0.717, 1.165) is 25.9 Å². The molecule has 1 aliphatic rings. The average molecular weight is 502 g/mol. The molecule has 2 unspecified atom stereocenters. The monoisotopic (exact) mass is 502 g/mol. The number of nitrogens with zero attached hydrogens (tertiary/aromatic N) is 2. The molecule has 2 rings (SSSR count). The molecule has 1 aromatic rings. The van der Waals surface area contributed by atoms with Gasteiger partial charge in [-0.1, -0.05) is 30.3 Å². The SMILES string of the molecule is CN=C(NCC(=O)OC(C)(C)C)NC1CCN(Cc2ccccc2)C(C)C1.I. The molecule has 2 atom stereocenters. The first-order chi connectivity index (χ1) is 12.8. The van der Waals surface area contributed by atoms with Crippen molar-refractivity contribution < 1.29 is 9.53 Å². The van der Waals surface area contributed by atoms with Gasteiger partial charge in [0.05, 0.1) is 0 Å². The summed E-state index contributed by atoms with van der Waals surface area (Å²) in [5.74, 6) is 0.367. The molecule has 1 fully saturated rings. The second kappa shape index (κ2) is 11.6. The summed E-state index contributed by atoms with van der Waals surface area (Å²) in [6.07, 6.45) is 2.09. The molecule has 0 spiro atoms. The van der Waals surface area contributed by atoms with E-state index in [1.807, 2.05) is 20.8 Å². The van der Waals surface area contributed by atoms with Gasteiger partial charge in [0.25, 0.3) is 0 Å². The Morgan fingerprint density at radius 3 is 2.54 bits per heavy atom. The summed E-state index contributed by atoms with van der Waals surface area (Å²) in [5, 5.41) is 6.50. The van der Waals surface area contributed by atoms with Gasteiger partial charge in [-0.2, -0.15) is 0 Å². The van der Waals surface area contributed by atoms with Crippen LogP contribution in [-0.4, -0.2) is 54.7 Å². The predicted molar refractivity (Wildman–Crippen MR) is 125 cm³/mol. The van der Waals surface area contributed by atoms with E-state index in [1.54, 1.807) is 7.05 Å². The Morgan fingerprint density at radius 1 is 1.29 bits per heavy atom. The highest BCUT2D eigenvalue weighted by Crippen LogP contribution is 2.19. The summed E-state index contributed by atoms with van der Waals surface area (Å²) in [4.78, 5) is 18.6. The van der Waals surface area contributed by atoms with Gasteiger partial charge in [0.2, 0.25) is 0 Å². The quantitative estimate of drug-likeness (QED) is 0.280. The molecule has 1 aromatic carbocycles. The van der Waals surface area contributed by atoms with Gasteiger partial charge in [0.15, 0.2) is 5.96 Å². The van der Waals surface area contributed by atoms with Crippen LogP contribution in [0.2, 0.25) is 0 Å². The van der Waals surface area contributed by atoms with Crippen molar-refractivity contribution in [3.63, 3.8) is 0 Å². The van der Waals surface area contributed by atoms with Crippen LogP contribution in [0.3, 0.4) is 0 Å². The van der Waals surface area contributed by atoms with Crippen molar-refractivity contribution in [3.05, 3.63) is 35.9 Å². The molecule has 0 radical (unpaired) electrons. The van der Waals surface area contributed by atoms with Crippen LogP contribution < -0.4 is 10.6 Å². The largest absolute Gasteiger partial charge is 0.459 e. The molecule has 2 N–H and O–H groups in total. The number of ether oxygens (including phenoxy) is 1. The number of likely N-dealkylation sites (tertiary alicyclic amines) is 1. The predicted octanol–water partition coefficient (Wildman–Crippen LogP) is 3.16. The van der Waals surface area contributed by atoms with Crippen LogP contribution in [0.1, 0.15) is 46.1 Å². The fraction of sp³-hybridized carbons (Fsp3) is 0.619. The van der Waals surface area contributed by atoms with Crippen LogP contribution in [0, 0.1) is 0 Å². The van der Waals surface area contributed by atoms with E-state index in [2.05, 4.69) is 57.8 Å². The van der Waals surface area contributed by atoms with Crippen molar-refractivity contribution >= 4 is 35.9 Å². The maximum absolute atomic E-state index is 11.9. The number of hydrogen-bond acceptors (Lipinski definition) is 4. The minimum atomic E-state index is -0.475. The normalized spacial score (nSPS) is 20.8. The fourth-order valence-electron chi connectivity index (χ4n) is 3.33. The summed E-state index contributed by atoms with van der Waals surface area (Å²) in [6.45, 7) is 10.00. The van der Waals surface area contributed by atoms with Crippen LogP contribution >= 0.6 is 24.0 Å². The molecular weight excluding hydrogens is 467 g/mol. The second-order valence-electron chi connectivity index (χ2n) is 8.18. The maximum Gasteiger partial charge on any atom is 0.325 e. The summed E-state index contributed by atoms with van der Waals surface area (Å²) < 4.78 is 5.32. The highest BCUT2D eigenvalue weighted by Gasteiger charge is 2.26. The van der Waals surface area contributed by atoms with Gasteiger partial charge < -0.3 is 15.4 Å². The van der Waals surface area contributed by atoms with E-state index >= 15 is 0 Å². The Balaban J connectivity index is 0.00000392. The van der Waals surface area contributed by atoms with Gasteiger partial charge in [-0.3, -0.25) is 14.7 Å². The number of carbonyl (C=O) groups excluding carboxylic acids is 1. The summed E-state index contributed by atoms with van der Waals surface area (Å²) in [5.41, 5.74) is 0.877. The zero-order valence-corrected chi connectivity index (χ0v) is 20.0. The molecule has 0 aromatic heterocycles. The first kappa shape index (κ1) is 24.7. The number of nitrogens with one attached hydrogen (secondary N) is 2. The third kappa shape index (κ3) is 8.77. The van der Waals surface area contributed by atoms with Gasteiger partial charge in [0.1, 0.15) is 12.1 Å². The molecule has 1 aliphatic heterocycles. The summed E-state index contributed by atoms with van der Waals surface area (Å²) in [7, 11) is 1.72. The van der Waals surface area contributed by atoms with Gasteiger partial charge in [-0.05, 0) is 46.1 Å². The maximum atomic E-state index is 11.9. The topological polar surface area (TPSA) is 66.0 Å². The molecule has 0 aliphatic carbocycles. The molecule has 6 nitrogen and oxygen atoms in total. The molecule has 28 heavy (non-hydrogen) atoms. The van der Waals surface area contributed by atoms with Crippen molar-refractivity contribution in [2.45, 2.75) is 64.8 Å². The Kier molecular flexibility index (Phi) is 10.2. The number of aliphatic imine (C=N–C) groups is 1. The highest BCUT2D eigenvalue weighted by molar-refractivity contribution is 14.0. The standard InChI is InChI=1S/C21H34N4O2.HI/c1-16-13-18(11-12-25(16)15-17-9-7-6-8-10-17)24-20(22-5)23-14-19(26)27-21(2,3)4;/h6-10,16,18H,11-15H2,1-5H3,(H2,22,23,24);1H. The first-order valence-electron chi connectivity index (χ1n) is 9.74. The van der Waals surface area contributed by atoms with Crippen LogP contribution in [0.15, 0.2) is 35.3 Å². The molecule has 1 saturated heterocycles. The number of carbonyl (C=O) groups is 1. The summed E-state index contributed by atoms with van der Waals surface area (Å²) in [6, 6.07) is 11.4. The van der Waals surface area contributed by atoms with Gasteiger partial charge in [-0.15, -0.1) is 24.0 Å². The lowest BCUT2D eigenvalue weighted by Gasteiger charge is -2.38. The molecule has 0 saturated carbocycles. The molecule has 1 heterocycles. The minimum absolute atomic E-state index is 0. The van der Waals surface area contributed by atoms with E-state index in [4.69, 9.17) is 4.74 Å². The lowest BCUT2D eigenvalue weighted by molar-refractivity contribution is -0.153. The van der Waals surface area contributed by atoms with Crippen LogP contribution in [-0.2, 0) is 16.1 Å². The highest BCUT2D eigenvalue weighted by atomic mass is 127. The number of benzene rings is 1. The van der Waals surface area contributed by atoms with Gasteiger partial charge >= 0.3 is 5.97 Å². The van der Waals surface area contributed by atoms with Crippen molar-refractivity contribution in [2.75, 3.05) is 20.1 Å². The third-order valence-electron chi connectivity index (χ3n) is 4.63. The van der Waals surface area contributed by atoms with E-state index in [9.17, 15) is 4.79 Å². The lowest BCUT2D eigenvalue weighted by Crippen LogP contribution is -2.52. The van der Waals surface area contributed by atoms with Gasteiger partial charge in [-0.25, -0.2) is 0 Å². The number of piperidine rings is 1. The minimum Gasteiger partial charge on any atom is -0.459 e. The van der Waals surface area contributed by atoms with E-state index < -0.39 is 5.60 Å². The Labute approximate surface area is 186 Å². The zero-order valence-electron chi connectivity index (χ0n) is 17.7. The van der Waals surface area contributed by atoms with Gasteiger partial charge in [0, 0.05) is 32.2 Å². The number of guanidine groups is 1. The van der Waals surface area contributed by atoms with Crippen molar-refractivity contribution in [3.8, 4) is 0 Å². The lowest BCUT2D eigenvalue weighted by atomic mass is 9.97. The van der Waals surface area contributed by atoms with Crippen LogP contribution in [0.4, 0.5) is 0 Å². The molecule has 0 amide bonds. The smallest absolute Gasteiger partial charge is 0.325 e. The number of halogens is 1. The average Bonchev–Trinajstić information content (AvgIpc) is 2.60. The Hall–Kier alpha value is -1.35. The Bertz CT molecular complexity index is 631. The first-order valence-corrected chi connectivity index (χ1v) is 9.74. The van der Waals surface area contributed by atoms with E-state index in [0.29, 0.717) is 18.0 Å². The number of esters is 1. The van der Waals surface area contributed by atoms with Crippen molar-refractivity contribution in [1.29, 1.82) is 0 Å². The van der Waals surface area contributed by atoms with E-state index in [-0.39, 0.29) is 36.5 Å². The molecule has 158 valence electrons. The number of hydrogen-bond donors (Lipinski definition) is 2. The van der Waals surface area contributed by atoms with E-state index in [1.165, 1.54) is 5.56 Å². The molecular formula is C21H35IN4O2. The third-order valence-corrected chi connectivity index (χ3v) is 4.63. The molecule has 0 bridgehead atoms. The molecule has 7 heteroatoms. The van der Waals surface area contributed by atoms with Crippen molar-refractivity contribution in [2.24, 2.45) is 4.99 Å². The van der Waals surface area contributed by atoms with Crippen LogP contribution in [0.25, 0.3) is 0 Å². The fourth-order valence-corrected chi connectivity index (χ4v) is 3.33. The summed E-state index contributed by atoms with van der Waals surface area (Å²) >= 11 is 0. The van der Waals surface area contributed by atoms with Crippen molar-refractivity contribution in [1.82, 2.24) is 15.5 Å². The van der Waals surface area contributed by atoms with Crippen LogP contribution in [0.5, 0.6) is 0 Å². The second-order valence-corrected chi connectivity index (χ2v) is 8.18.